The minimum absolute atomic E-state index is 0.0661. The molecular weight excluding hydrogens is 569 g/mol. The van der Waals surface area contributed by atoms with E-state index in [1.165, 1.54) is 12.4 Å². The average molecular weight is 597 g/mol. The summed E-state index contributed by atoms with van der Waals surface area (Å²) in [4.78, 5) is 27.1. The predicted molar refractivity (Wildman–Crippen MR) is 163 cm³/mol. The number of aromatic nitrogens is 4. The molecule has 0 saturated carbocycles. The molecule has 1 fully saturated rings. The van der Waals surface area contributed by atoms with Crippen molar-refractivity contribution in [1.29, 1.82) is 0 Å². The van der Waals surface area contributed by atoms with Gasteiger partial charge in [-0.1, -0.05) is 18.2 Å². The summed E-state index contributed by atoms with van der Waals surface area (Å²) >= 11 is 0. The van der Waals surface area contributed by atoms with Crippen molar-refractivity contribution in [2.24, 2.45) is 0 Å². The van der Waals surface area contributed by atoms with E-state index in [2.05, 4.69) is 26.3 Å². The Labute approximate surface area is 250 Å². The first kappa shape index (κ1) is 27.7. The van der Waals surface area contributed by atoms with Crippen molar-refractivity contribution in [3.8, 4) is 16.9 Å². The zero-order chi connectivity index (χ0) is 30.4. The molecule has 1 saturated heterocycles. The summed E-state index contributed by atoms with van der Waals surface area (Å²) < 4.78 is 48.7. The number of nitrogens with zero attached hydrogens (tertiary/aromatic N) is 4. The molecule has 8 nitrogen and oxygen atoms in total. The van der Waals surface area contributed by atoms with Crippen LogP contribution in [0.3, 0.4) is 0 Å². The Morgan fingerprint density at radius 3 is 2.64 bits per heavy atom. The molecule has 1 amide bonds. The lowest BCUT2D eigenvalue weighted by Gasteiger charge is -2.29. The normalized spacial score (nSPS) is 14.0. The Balaban J connectivity index is 1.22. The van der Waals surface area contributed by atoms with Gasteiger partial charge in [0.25, 0.3) is 5.91 Å². The van der Waals surface area contributed by atoms with Crippen molar-refractivity contribution in [3.63, 3.8) is 0 Å². The maximum absolute atomic E-state index is 13.8. The van der Waals surface area contributed by atoms with Crippen LogP contribution < -0.4 is 10.2 Å². The molecule has 3 aromatic heterocycles. The van der Waals surface area contributed by atoms with Crippen molar-refractivity contribution in [2.45, 2.75) is 13.1 Å². The SMILES string of the molecule is Cc1ccc(NC(=O)c2cc(N3CCOCC3)cc(C(F)(F)F)c2)cc1-c1ccc2ccn(-c3ncnc4[nH]ccc34)c2c1. The Hall–Kier alpha value is -5.16. The summed E-state index contributed by atoms with van der Waals surface area (Å²) in [6, 6.07) is 19.0. The van der Waals surface area contributed by atoms with E-state index >= 15 is 0 Å². The molecule has 4 heterocycles. The Morgan fingerprint density at radius 2 is 1.82 bits per heavy atom. The molecule has 0 atom stereocenters. The molecule has 0 bridgehead atoms. The van der Waals surface area contributed by atoms with E-state index in [-0.39, 0.29) is 5.56 Å². The highest BCUT2D eigenvalue weighted by Gasteiger charge is 2.32. The van der Waals surface area contributed by atoms with E-state index in [0.29, 0.717) is 37.7 Å². The Kier molecular flexibility index (Phi) is 6.81. The van der Waals surface area contributed by atoms with Crippen molar-refractivity contribution in [3.05, 3.63) is 102 Å². The standard InChI is InChI=1S/C33H27F3N6O2/c1-20-2-5-25(40-32(43)23-14-24(33(34,35)36)17-26(15-23)41-10-12-44-13-11-41)18-28(20)22-4-3-21-7-9-42(29(21)16-22)31-27-6-8-37-30(27)38-19-39-31/h2-9,14-19H,10-13H2,1H3,(H,40,43)(H,37,38,39). The van der Waals surface area contributed by atoms with Crippen LogP contribution in [0.25, 0.3) is 38.9 Å². The maximum atomic E-state index is 13.8. The van der Waals surface area contributed by atoms with Gasteiger partial charge in [0.05, 0.1) is 29.7 Å². The van der Waals surface area contributed by atoms with Crippen LogP contribution in [0.1, 0.15) is 21.5 Å². The number of fused-ring (bicyclic) bond motifs is 2. The number of ether oxygens (including phenoxy) is 1. The van der Waals surface area contributed by atoms with E-state index in [9.17, 15) is 18.0 Å². The van der Waals surface area contributed by atoms with Crippen molar-refractivity contribution < 1.29 is 22.7 Å². The van der Waals surface area contributed by atoms with Gasteiger partial charge in [-0.2, -0.15) is 13.2 Å². The molecule has 1 aliphatic heterocycles. The highest BCUT2D eigenvalue weighted by molar-refractivity contribution is 6.05. The number of benzene rings is 3. The van der Waals surface area contributed by atoms with E-state index in [1.54, 1.807) is 11.0 Å². The number of carbonyl (C=O) groups excluding carboxylic acids is 1. The quantitative estimate of drug-likeness (QED) is 0.224. The van der Waals surface area contributed by atoms with Gasteiger partial charge in [-0.25, -0.2) is 9.97 Å². The third-order valence-electron chi connectivity index (χ3n) is 7.94. The number of H-pyrrole nitrogens is 1. The third-order valence-corrected chi connectivity index (χ3v) is 7.94. The second-order valence-electron chi connectivity index (χ2n) is 10.7. The smallest absolute Gasteiger partial charge is 0.378 e. The van der Waals surface area contributed by atoms with Crippen molar-refractivity contribution in [1.82, 2.24) is 19.5 Å². The number of nitrogens with one attached hydrogen (secondary N) is 2. The zero-order valence-corrected chi connectivity index (χ0v) is 23.7. The molecule has 222 valence electrons. The van der Waals surface area contributed by atoms with Gasteiger partial charge >= 0.3 is 6.18 Å². The number of hydrogen-bond acceptors (Lipinski definition) is 5. The molecular formula is C33H27F3N6O2. The van der Waals surface area contributed by atoms with E-state index in [0.717, 1.165) is 56.6 Å². The molecule has 0 spiro atoms. The van der Waals surface area contributed by atoms with Crippen LogP contribution in [0.4, 0.5) is 24.5 Å². The molecule has 1 aliphatic rings. The highest BCUT2D eigenvalue weighted by atomic mass is 19.4. The fourth-order valence-corrected chi connectivity index (χ4v) is 5.66. The first-order valence-electron chi connectivity index (χ1n) is 14.1. The molecule has 2 N–H and O–H groups in total. The molecule has 7 rings (SSSR count). The molecule has 0 unspecified atom stereocenters. The van der Waals surface area contributed by atoms with Crippen LogP contribution in [0.2, 0.25) is 0 Å². The minimum atomic E-state index is -4.59. The van der Waals surface area contributed by atoms with Gasteiger partial charge in [-0.15, -0.1) is 0 Å². The van der Waals surface area contributed by atoms with Crippen LogP contribution in [0.15, 0.2) is 85.5 Å². The highest BCUT2D eigenvalue weighted by Crippen LogP contribution is 2.35. The molecule has 44 heavy (non-hydrogen) atoms. The third kappa shape index (κ3) is 5.15. The number of amides is 1. The number of alkyl halides is 3. The lowest BCUT2D eigenvalue weighted by atomic mass is 9.98. The zero-order valence-electron chi connectivity index (χ0n) is 23.7. The first-order chi connectivity index (χ1) is 21.2. The van der Waals surface area contributed by atoms with E-state index < -0.39 is 17.6 Å². The largest absolute Gasteiger partial charge is 0.416 e. The van der Waals surface area contributed by atoms with Crippen LogP contribution in [-0.2, 0) is 10.9 Å². The van der Waals surface area contributed by atoms with Gasteiger partial charge in [0.1, 0.15) is 17.8 Å². The second-order valence-corrected chi connectivity index (χ2v) is 10.7. The van der Waals surface area contributed by atoms with Crippen LogP contribution in [0, 0.1) is 6.92 Å². The fourth-order valence-electron chi connectivity index (χ4n) is 5.66. The summed E-state index contributed by atoms with van der Waals surface area (Å²) in [5, 5.41) is 4.73. The topological polar surface area (TPSA) is 88.1 Å². The summed E-state index contributed by atoms with van der Waals surface area (Å²) in [7, 11) is 0. The summed E-state index contributed by atoms with van der Waals surface area (Å²) in [5.41, 5.74) is 4.34. The van der Waals surface area contributed by atoms with Crippen molar-refractivity contribution >= 4 is 39.2 Å². The van der Waals surface area contributed by atoms with Gasteiger partial charge < -0.3 is 24.5 Å². The van der Waals surface area contributed by atoms with E-state index in [1.807, 2.05) is 60.3 Å². The van der Waals surface area contributed by atoms with Gasteiger partial charge in [0, 0.05) is 47.8 Å². The molecule has 11 heteroatoms. The fraction of sp³-hybridized carbons (Fsp3) is 0.182. The Morgan fingerprint density at radius 1 is 0.977 bits per heavy atom. The minimum Gasteiger partial charge on any atom is -0.378 e. The van der Waals surface area contributed by atoms with Gasteiger partial charge in [0.15, 0.2) is 0 Å². The molecule has 3 aromatic carbocycles. The lowest BCUT2D eigenvalue weighted by Crippen LogP contribution is -2.36. The lowest BCUT2D eigenvalue weighted by molar-refractivity contribution is -0.137. The molecule has 6 aromatic rings. The number of anilines is 2. The number of hydrogen-bond donors (Lipinski definition) is 2. The molecule has 0 aliphatic carbocycles. The number of carbonyl (C=O) groups is 1. The number of rotatable bonds is 5. The monoisotopic (exact) mass is 596 g/mol. The summed E-state index contributed by atoms with van der Waals surface area (Å²) in [5.74, 6) is 0.127. The van der Waals surface area contributed by atoms with Gasteiger partial charge in [0.2, 0.25) is 0 Å². The number of halogens is 3. The summed E-state index contributed by atoms with van der Waals surface area (Å²) in [6.45, 7) is 3.70. The Bertz CT molecular complexity index is 2020. The van der Waals surface area contributed by atoms with Crippen LogP contribution >= 0.6 is 0 Å². The van der Waals surface area contributed by atoms with Crippen molar-refractivity contribution in [2.75, 3.05) is 36.5 Å². The predicted octanol–water partition coefficient (Wildman–Crippen LogP) is 6.98. The van der Waals surface area contributed by atoms with Gasteiger partial charge in [-0.05, 0) is 72.1 Å². The van der Waals surface area contributed by atoms with Gasteiger partial charge in [-0.3, -0.25) is 4.79 Å². The van der Waals surface area contributed by atoms with E-state index in [4.69, 9.17) is 4.74 Å². The number of aromatic amines is 1. The van der Waals surface area contributed by atoms with Crippen LogP contribution in [0.5, 0.6) is 0 Å². The number of morpholine rings is 1. The average Bonchev–Trinajstić information content (AvgIpc) is 3.69. The van der Waals surface area contributed by atoms with Crippen LogP contribution in [-0.4, -0.2) is 51.7 Å². The number of aryl methyl sites for hydroxylation is 1. The maximum Gasteiger partial charge on any atom is 0.416 e. The molecule has 0 radical (unpaired) electrons. The summed E-state index contributed by atoms with van der Waals surface area (Å²) in [6.07, 6.45) is 0.719. The first-order valence-corrected chi connectivity index (χ1v) is 14.1. The second kappa shape index (κ2) is 10.8.